The lowest BCUT2D eigenvalue weighted by Gasteiger charge is -2.20. The van der Waals surface area contributed by atoms with E-state index in [9.17, 15) is 4.79 Å². The van der Waals surface area contributed by atoms with E-state index in [1.165, 1.54) is 0 Å². The van der Waals surface area contributed by atoms with Crippen molar-refractivity contribution in [3.63, 3.8) is 0 Å². The van der Waals surface area contributed by atoms with Gasteiger partial charge in [0.05, 0.1) is 19.4 Å². The Balaban J connectivity index is 1.37. The predicted octanol–water partition coefficient (Wildman–Crippen LogP) is 2.95. The van der Waals surface area contributed by atoms with Gasteiger partial charge in [-0.2, -0.15) is 0 Å². The molecule has 1 aliphatic heterocycles. The third kappa shape index (κ3) is 4.75. The van der Waals surface area contributed by atoms with E-state index in [1.807, 2.05) is 11.8 Å². The number of nitrogens with zero attached hydrogens (tertiary/aromatic N) is 3. The second kappa shape index (κ2) is 8.78. The molecule has 9 nitrogen and oxygen atoms in total. The fourth-order valence-electron chi connectivity index (χ4n) is 3.06. The summed E-state index contributed by atoms with van der Waals surface area (Å²) in [4.78, 5) is 14.5. The Labute approximate surface area is 167 Å². The number of hydrogen-bond acceptors (Lipinski definition) is 8. The quantitative estimate of drug-likeness (QED) is 0.618. The lowest BCUT2D eigenvalue weighted by Crippen LogP contribution is -2.33. The van der Waals surface area contributed by atoms with Crippen LogP contribution in [0, 0.1) is 0 Å². The maximum Gasteiger partial charge on any atom is 0.283 e. The van der Waals surface area contributed by atoms with Gasteiger partial charge in [-0.1, -0.05) is 6.92 Å². The maximum absolute atomic E-state index is 12.5. The number of ether oxygens (including phenoxy) is 2. The number of carbonyl (C=O) groups excluding carboxylic acids is 1. The molecule has 1 aromatic carbocycles. The molecule has 0 saturated heterocycles. The summed E-state index contributed by atoms with van der Waals surface area (Å²) in [7, 11) is 0. The molecule has 0 atom stereocenters. The van der Waals surface area contributed by atoms with Crippen LogP contribution in [0.3, 0.4) is 0 Å². The molecule has 4 rings (SSSR count). The van der Waals surface area contributed by atoms with Crippen molar-refractivity contribution in [2.24, 2.45) is 0 Å². The SMILES string of the molecule is CCCN(CC(=O)Nc1ccc2c(c1)OCCO2)Cc1nnc(-c2ccco2)o1. The van der Waals surface area contributed by atoms with Gasteiger partial charge < -0.3 is 23.6 Å². The minimum absolute atomic E-state index is 0.138. The summed E-state index contributed by atoms with van der Waals surface area (Å²) in [5.74, 6) is 2.45. The molecule has 3 aromatic rings. The van der Waals surface area contributed by atoms with Gasteiger partial charge in [-0.3, -0.25) is 9.69 Å². The van der Waals surface area contributed by atoms with Gasteiger partial charge in [0.25, 0.3) is 5.89 Å². The second-order valence-corrected chi connectivity index (χ2v) is 6.60. The fourth-order valence-corrected chi connectivity index (χ4v) is 3.06. The Morgan fingerprint density at radius 3 is 2.83 bits per heavy atom. The van der Waals surface area contributed by atoms with Crippen LogP contribution in [0.4, 0.5) is 5.69 Å². The zero-order valence-electron chi connectivity index (χ0n) is 16.1. The first-order valence-electron chi connectivity index (χ1n) is 9.49. The van der Waals surface area contributed by atoms with E-state index in [0.29, 0.717) is 61.0 Å². The van der Waals surface area contributed by atoms with E-state index in [1.54, 1.807) is 36.6 Å². The van der Waals surface area contributed by atoms with Crippen LogP contribution in [0.1, 0.15) is 19.2 Å². The monoisotopic (exact) mass is 398 g/mol. The largest absolute Gasteiger partial charge is 0.486 e. The molecule has 0 unspecified atom stereocenters. The number of furan rings is 1. The van der Waals surface area contributed by atoms with Gasteiger partial charge >= 0.3 is 0 Å². The first-order valence-corrected chi connectivity index (χ1v) is 9.49. The van der Waals surface area contributed by atoms with E-state index in [4.69, 9.17) is 18.3 Å². The van der Waals surface area contributed by atoms with E-state index in [2.05, 4.69) is 15.5 Å². The van der Waals surface area contributed by atoms with Gasteiger partial charge in [0, 0.05) is 11.8 Å². The third-order valence-electron chi connectivity index (χ3n) is 4.29. The number of amides is 1. The van der Waals surface area contributed by atoms with Crippen LogP contribution in [0.2, 0.25) is 0 Å². The predicted molar refractivity (Wildman–Crippen MR) is 104 cm³/mol. The van der Waals surface area contributed by atoms with E-state index >= 15 is 0 Å². The molecule has 0 bridgehead atoms. The van der Waals surface area contributed by atoms with Crippen LogP contribution >= 0.6 is 0 Å². The molecule has 0 spiro atoms. The molecule has 2 aromatic heterocycles. The van der Waals surface area contributed by atoms with E-state index < -0.39 is 0 Å². The molecule has 152 valence electrons. The lowest BCUT2D eigenvalue weighted by atomic mass is 10.2. The van der Waals surface area contributed by atoms with Crippen LogP contribution in [-0.4, -0.2) is 47.3 Å². The van der Waals surface area contributed by atoms with Crippen molar-refractivity contribution in [3.8, 4) is 23.1 Å². The minimum Gasteiger partial charge on any atom is -0.486 e. The third-order valence-corrected chi connectivity index (χ3v) is 4.29. The van der Waals surface area contributed by atoms with Crippen molar-refractivity contribution < 1.29 is 23.1 Å². The Bertz CT molecular complexity index is 954. The number of rotatable bonds is 8. The van der Waals surface area contributed by atoms with Crippen molar-refractivity contribution in [2.75, 3.05) is 31.6 Å². The zero-order chi connectivity index (χ0) is 20.1. The molecule has 1 N–H and O–H groups in total. The van der Waals surface area contributed by atoms with Crippen molar-refractivity contribution in [3.05, 3.63) is 42.5 Å². The molecular formula is C20H22N4O5. The number of aromatic nitrogens is 2. The number of carbonyl (C=O) groups is 1. The van der Waals surface area contributed by atoms with Gasteiger partial charge in [-0.15, -0.1) is 10.2 Å². The number of anilines is 1. The van der Waals surface area contributed by atoms with Gasteiger partial charge in [-0.05, 0) is 37.2 Å². The van der Waals surface area contributed by atoms with E-state index in [-0.39, 0.29) is 12.5 Å². The standard InChI is InChI=1S/C20H22N4O5/c1-2-7-24(13-19-22-23-20(29-19)16-4-3-8-26-16)12-18(25)21-14-5-6-15-17(11-14)28-10-9-27-15/h3-6,8,11H,2,7,9-10,12-13H2,1H3,(H,21,25). The molecular weight excluding hydrogens is 376 g/mol. The van der Waals surface area contributed by atoms with Crippen LogP contribution in [0.5, 0.6) is 11.5 Å². The minimum atomic E-state index is -0.138. The Morgan fingerprint density at radius 1 is 1.17 bits per heavy atom. The number of fused-ring (bicyclic) bond motifs is 1. The summed E-state index contributed by atoms with van der Waals surface area (Å²) < 4.78 is 22.0. The van der Waals surface area contributed by atoms with Gasteiger partial charge in [-0.25, -0.2) is 0 Å². The van der Waals surface area contributed by atoms with Crippen LogP contribution < -0.4 is 14.8 Å². The second-order valence-electron chi connectivity index (χ2n) is 6.60. The smallest absolute Gasteiger partial charge is 0.283 e. The zero-order valence-corrected chi connectivity index (χ0v) is 16.1. The first kappa shape index (κ1) is 19.0. The summed E-state index contributed by atoms with van der Waals surface area (Å²) >= 11 is 0. The van der Waals surface area contributed by atoms with Crippen LogP contribution in [-0.2, 0) is 11.3 Å². The van der Waals surface area contributed by atoms with Crippen LogP contribution in [0.25, 0.3) is 11.7 Å². The highest BCUT2D eigenvalue weighted by atomic mass is 16.6. The molecule has 3 heterocycles. The van der Waals surface area contributed by atoms with Crippen molar-refractivity contribution in [2.45, 2.75) is 19.9 Å². The Morgan fingerprint density at radius 2 is 2.03 bits per heavy atom. The molecule has 1 amide bonds. The summed E-state index contributed by atoms with van der Waals surface area (Å²) in [6.45, 7) is 4.36. The summed E-state index contributed by atoms with van der Waals surface area (Å²) in [5.41, 5.74) is 0.661. The molecule has 9 heteroatoms. The van der Waals surface area contributed by atoms with Gasteiger partial charge in [0.15, 0.2) is 17.3 Å². The summed E-state index contributed by atoms with van der Waals surface area (Å²) in [6.07, 6.45) is 2.43. The topological polar surface area (TPSA) is 103 Å². The molecule has 0 fully saturated rings. The van der Waals surface area contributed by atoms with E-state index in [0.717, 1.165) is 6.42 Å². The first-order chi connectivity index (χ1) is 14.2. The summed E-state index contributed by atoms with van der Waals surface area (Å²) in [5, 5.41) is 10.9. The van der Waals surface area contributed by atoms with Gasteiger partial charge in [0.2, 0.25) is 11.8 Å². The molecule has 1 aliphatic rings. The number of hydrogen-bond donors (Lipinski definition) is 1. The average Bonchev–Trinajstić information content (AvgIpc) is 3.40. The fraction of sp³-hybridized carbons (Fsp3) is 0.350. The Hall–Kier alpha value is -3.33. The highest BCUT2D eigenvalue weighted by molar-refractivity contribution is 5.92. The van der Waals surface area contributed by atoms with Crippen molar-refractivity contribution >= 4 is 11.6 Å². The molecule has 0 saturated carbocycles. The van der Waals surface area contributed by atoms with Crippen molar-refractivity contribution in [1.29, 1.82) is 0 Å². The molecule has 0 radical (unpaired) electrons. The molecule has 0 aliphatic carbocycles. The summed E-state index contributed by atoms with van der Waals surface area (Å²) in [6, 6.07) is 8.86. The maximum atomic E-state index is 12.5. The normalized spacial score (nSPS) is 12.9. The highest BCUT2D eigenvalue weighted by Crippen LogP contribution is 2.32. The van der Waals surface area contributed by atoms with Crippen LogP contribution in [0.15, 0.2) is 45.4 Å². The van der Waals surface area contributed by atoms with Gasteiger partial charge in [0.1, 0.15) is 13.2 Å². The van der Waals surface area contributed by atoms with Crippen molar-refractivity contribution in [1.82, 2.24) is 15.1 Å². The Kier molecular flexibility index (Phi) is 5.76. The average molecular weight is 398 g/mol. The molecule has 29 heavy (non-hydrogen) atoms. The number of benzene rings is 1. The highest BCUT2D eigenvalue weighted by Gasteiger charge is 2.17. The number of nitrogens with one attached hydrogen (secondary N) is 1. The lowest BCUT2D eigenvalue weighted by molar-refractivity contribution is -0.117.